The first-order valence-electron chi connectivity index (χ1n) is 8.32. The van der Waals surface area contributed by atoms with Crippen molar-refractivity contribution in [3.8, 4) is 0 Å². The Morgan fingerprint density at radius 1 is 1.08 bits per heavy atom. The van der Waals surface area contributed by atoms with Crippen molar-refractivity contribution in [2.24, 2.45) is 0 Å². The average molecular weight is 350 g/mol. The summed E-state index contributed by atoms with van der Waals surface area (Å²) >= 11 is 5.14. The van der Waals surface area contributed by atoms with Crippen molar-refractivity contribution in [2.45, 2.75) is 45.4 Å². The molecule has 132 valence electrons. The molecular weight excluding hydrogens is 322 g/mol. The molecule has 0 aliphatic rings. The number of carbonyl (C=O) groups excluding carboxylic acids is 2. The number of carbonyl (C=O) groups is 2. The molecule has 0 saturated heterocycles. The maximum absolute atomic E-state index is 11.7. The van der Waals surface area contributed by atoms with E-state index in [0.717, 1.165) is 30.5 Å². The lowest BCUT2D eigenvalue weighted by Gasteiger charge is -2.11. The molecule has 2 amide bonds. The fourth-order valence-corrected chi connectivity index (χ4v) is 2.35. The molecule has 0 heterocycles. The predicted octanol–water partition coefficient (Wildman–Crippen LogP) is 3.10. The number of unbranched alkanes of at least 4 members (excludes halogenated alkanes) is 2. The Balaban J connectivity index is 2.39. The number of aryl methyl sites for hydroxylation is 1. The third-order valence-electron chi connectivity index (χ3n) is 3.60. The van der Waals surface area contributed by atoms with Crippen LogP contribution < -0.4 is 10.6 Å². The number of thiocarbonyl (C=S) groups is 1. The molecule has 24 heavy (non-hydrogen) atoms. The van der Waals surface area contributed by atoms with Gasteiger partial charge in [-0.05, 0) is 42.8 Å². The largest absolute Gasteiger partial charge is 0.349 e. The topological polar surface area (TPSA) is 61.4 Å². The van der Waals surface area contributed by atoms with Crippen LogP contribution in [0.3, 0.4) is 0 Å². The third-order valence-corrected chi connectivity index (χ3v) is 3.80. The SMILES string of the molecule is CCCCCC(=O)NC(=S)Nc1ccc(CCC(=O)N(C)C)cc1. The highest BCUT2D eigenvalue weighted by molar-refractivity contribution is 7.80. The third kappa shape index (κ3) is 8.06. The number of nitrogens with one attached hydrogen (secondary N) is 2. The van der Waals surface area contributed by atoms with Crippen molar-refractivity contribution >= 4 is 34.8 Å². The van der Waals surface area contributed by atoms with Gasteiger partial charge in [0.25, 0.3) is 0 Å². The molecule has 5 nitrogen and oxygen atoms in total. The van der Waals surface area contributed by atoms with Crippen LogP contribution in [0, 0.1) is 0 Å². The van der Waals surface area contributed by atoms with E-state index in [1.54, 1.807) is 19.0 Å². The number of anilines is 1. The van der Waals surface area contributed by atoms with Gasteiger partial charge in [-0.3, -0.25) is 9.59 Å². The molecule has 1 rings (SSSR count). The minimum Gasteiger partial charge on any atom is -0.349 e. The van der Waals surface area contributed by atoms with Gasteiger partial charge in [0.05, 0.1) is 0 Å². The lowest BCUT2D eigenvalue weighted by molar-refractivity contribution is -0.128. The monoisotopic (exact) mass is 349 g/mol. The molecule has 0 aliphatic heterocycles. The summed E-state index contributed by atoms with van der Waals surface area (Å²) in [7, 11) is 3.51. The standard InChI is InChI=1S/C18H27N3O2S/c1-4-5-6-7-16(22)20-18(24)19-15-11-8-14(9-12-15)10-13-17(23)21(2)3/h8-9,11-12H,4-7,10,13H2,1-3H3,(H2,19,20,22,24). The number of amides is 2. The molecule has 0 atom stereocenters. The molecule has 0 fully saturated rings. The second-order valence-corrected chi connectivity index (χ2v) is 6.35. The average Bonchev–Trinajstić information content (AvgIpc) is 2.53. The first kappa shape index (κ1) is 20.1. The Morgan fingerprint density at radius 3 is 2.33 bits per heavy atom. The first-order chi connectivity index (χ1) is 11.4. The van der Waals surface area contributed by atoms with E-state index in [0.29, 0.717) is 24.4 Å². The second-order valence-electron chi connectivity index (χ2n) is 5.94. The van der Waals surface area contributed by atoms with Crippen molar-refractivity contribution in [1.29, 1.82) is 0 Å². The van der Waals surface area contributed by atoms with Crippen LogP contribution in [0.5, 0.6) is 0 Å². The van der Waals surface area contributed by atoms with Crippen LogP contribution in [0.1, 0.15) is 44.6 Å². The molecule has 6 heteroatoms. The van der Waals surface area contributed by atoms with Gasteiger partial charge in [0.1, 0.15) is 0 Å². The molecule has 0 unspecified atom stereocenters. The highest BCUT2D eigenvalue weighted by Crippen LogP contribution is 2.11. The Kier molecular flexibility index (Phi) is 9.01. The van der Waals surface area contributed by atoms with Gasteiger partial charge in [-0.2, -0.15) is 0 Å². The maximum atomic E-state index is 11.7. The highest BCUT2D eigenvalue weighted by Gasteiger charge is 2.06. The molecule has 2 N–H and O–H groups in total. The number of nitrogens with zero attached hydrogens (tertiary/aromatic N) is 1. The van der Waals surface area contributed by atoms with Crippen LogP contribution in [-0.2, 0) is 16.0 Å². The zero-order valence-electron chi connectivity index (χ0n) is 14.7. The number of benzene rings is 1. The normalized spacial score (nSPS) is 10.1. The Morgan fingerprint density at radius 2 is 1.75 bits per heavy atom. The molecule has 1 aromatic carbocycles. The van der Waals surface area contributed by atoms with Crippen molar-refractivity contribution in [3.05, 3.63) is 29.8 Å². The molecule has 0 spiro atoms. The van der Waals surface area contributed by atoms with Gasteiger partial charge >= 0.3 is 0 Å². The molecule has 0 radical (unpaired) electrons. The van der Waals surface area contributed by atoms with Gasteiger partial charge in [-0.1, -0.05) is 31.9 Å². The Hall–Kier alpha value is -1.95. The molecule has 0 aromatic heterocycles. The first-order valence-corrected chi connectivity index (χ1v) is 8.73. The van der Waals surface area contributed by atoms with Crippen LogP contribution in [0.25, 0.3) is 0 Å². The molecule has 0 saturated carbocycles. The summed E-state index contributed by atoms with van der Waals surface area (Å²) in [5.41, 5.74) is 1.90. The van der Waals surface area contributed by atoms with Crippen molar-refractivity contribution in [2.75, 3.05) is 19.4 Å². The van der Waals surface area contributed by atoms with Crippen molar-refractivity contribution in [1.82, 2.24) is 10.2 Å². The van der Waals surface area contributed by atoms with E-state index in [4.69, 9.17) is 12.2 Å². The summed E-state index contributed by atoms with van der Waals surface area (Å²) in [6.45, 7) is 2.10. The van der Waals surface area contributed by atoms with E-state index in [1.165, 1.54) is 0 Å². The van der Waals surface area contributed by atoms with Gasteiger partial charge in [-0.25, -0.2) is 0 Å². The van der Waals surface area contributed by atoms with Gasteiger partial charge in [0.15, 0.2) is 5.11 Å². The molecule has 0 aliphatic carbocycles. The highest BCUT2D eigenvalue weighted by atomic mass is 32.1. The van der Waals surface area contributed by atoms with Crippen LogP contribution >= 0.6 is 12.2 Å². The second kappa shape index (κ2) is 10.8. The maximum Gasteiger partial charge on any atom is 0.226 e. The minimum atomic E-state index is -0.0558. The Labute approximate surface area is 149 Å². The Bertz CT molecular complexity index is 556. The van der Waals surface area contributed by atoms with Crippen molar-refractivity contribution < 1.29 is 9.59 Å². The lowest BCUT2D eigenvalue weighted by Crippen LogP contribution is -2.33. The van der Waals surface area contributed by atoms with Gasteiger partial charge in [-0.15, -0.1) is 0 Å². The number of rotatable bonds is 8. The van der Waals surface area contributed by atoms with Crippen molar-refractivity contribution in [3.63, 3.8) is 0 Å². The van der Waals surface area contributed by atoms with Gasteiger partial charge in [0.2, 0.25) is 11.8 Å². The van der Waals surface area contributed by atoms with Crippen LogP contribution in [0.2, 0.25) is 0 Å². The molecule has 1 aromatic rings. The van der Waals surface area contributed by atoms with Crippen LogP contribution in [0.4, 0.5) is 5.69 Å². The van der Waals surface area contributed by atoms with Gasteiger partial charge in [0, 0.05) is 32.6 Å². The van der Waals surface area contributed by atoms with E-state index in [-0.39, 0.29) is 11.8 Å². The summed E-state index contributed by atoms with van der Waals surface area (Å²) in [5, 5.41) is 6.00. The summed E-state index contributed by atoms with van der Waals surface area (Å²) < 4.78 is 0. The minimum absolute atomic E-state index is 0.0558. The van der Waals surface area contributed by atoms with E-state index in [2.05, 4.69) is 17.6 Å². The lowest BCUT2D eigenvalue weighted by atomic mass is 10.1. The number of hydrogen-bond acceptors (Lipinski definition) is 3. The predicted molar refractivity (Wildman–Crippen MR) is 102 cm³/mol. The van der Waals surface area contributed by atoms with E-state index in [9.17, 15) is 9.59 Å². The zero-order valence-corrected chi connectivity index (χ0v) is 15.5. The smallest absolute Gasteiger partial charge is 0.226 e. The van der Waals surface area contributed by atoms with E-state index in [1.807, 2.05) is 24.3 Å². The summed E-state index contributed by atoms with van der Waals surface area (Å²) in [4.78, 5) is 24.9. The molecular formula is C18H27N3O2S. The van der Waals surface area contributed by atoms with Gasteiger partial charge < -0.3 is 15.5 Å². The summed E-state index contributed by atoms with van der Waals surface area (Å²) in [5.74, 6) is 0.0592. The quantitative estimate of drug-likeness (QED) is 0.559. The van der Waals surface area contributed by atoms with Crippen LogP contribution in [0.15, 0.2) is 24.3 Å². The van der Waals surface area contributed by atoms with E-state index >= 15 is 0 Å². The van der Waals surface area contributed by atoms with E-state index < -0.39 is 0 Å². The van der Waals surface area contributed by atoms with Crippen LogP contribution in [-0.4, -0.2) is 35.9 Å². The summed E-state index contributed by atoms with van der Waals surface area (Å²) in [6.07, 6.45) is 4.70. The fourth-order valence-electron chi connectivity index (χ4n) is 2.12. The number of hydrogen-bond donors (Lipinski definition) is 2. The molecule has 0 bridgehead atoms. The zero-order chi connectivity index (χ0) is 17.9. The summed E-state index contributed by atoms with van der Waals surface area (Å²) in [6, 6.07) is 7.70. The fraction of sp³-hybridized carbons (Fsp3) is 0.500.